The fourth-order valence-corrected chi connectivity index (χ4v) is 2.74. The smallest absolute Gasteiger partial charge is 0.340 e. The second-order valence-electron chi connectivity index (χ2n) is 7.13. The van der Waals surface area contributed by atoms with Crippen LogP contribution < -0.4 is 11.5 Å². The number of ether oxygens (including phenoxy) is 1. The van der Waals surface area contributed by atoms with Gasteiger partial charge >= 0.3 is 5.97 Å². The molecule has 0 radical (unpaired) electrons. The third kappa shape index (κ3) is 13.8. The molecule has 4 N–H and O–H groups in total. The third-order valence-corrected chi connectivity index (χ3v) is 4.70. The summed E-state index contributed by atoms with van der Waals surface area (Å²) >= 11 is 0. The van der Waals surface area contributed by atoms with Crippen molar-refractivity contribution >= 4 is 5.97 Å². The van der Waals surface area contributed by atoms with Gasteiger partial charge in [0, 0.05) is 0 Å². The number of hydrogen-bond donors (Lipinski definition) is 2. The monoisotopic (exact) mass is 342 g/mol. The molecule has 0 aromatic heterocycles. The first-order valence-corrected chi connectivity index (χ1v) is 10.3. The van der Waals surface area contributed by atoms with Gasteiger partial charge in [-0.2, -0.15) is 0 Å². The van der Waals surface area contributed by atoms with Crippen molar-refractivity contribution in [2.45, 2.75) is 116 Å². The zero-order valence-corrected chi connectivity index (χ0v) is 16.3. The Labute approximate surface area is 150 Å². The molecule has 0 rings (SSSR count). The molecule has 0 fully saturated rings. The lowest BCUT2D eigenvalue weighted by molar-refractivity contribution is -0.150. The van der Waals surface area contributed by atoms with Gasteiger partial charge in [0.1, 0.15) is 0 Å². The molecular formula is C20H42N2O2. The van der Waals surface area contributed by atoms with E-state index in [1.54, 1.807) is 6.92 Å². The van der Waals surface area contributed by atoms with Crippen molar-refractivity contribution in [1.82, 2.24) is 0 Å². The Bertz CT molecular complexity index is 293. The summed E-state index contributed by atoms with van der Waals surface area (Å²) in [5, 5.41) is 0. The summed E-state index contributed by atoms with van der Waals surface area (Å²) in [7, 11) is 0. The molecule has 0 unspecified atom stereocenters. The van der Waals surface area contributed by atoms with Crippen LogP contribution >= 0.6 is 0 Å². The highest BCUT2D eigenvalue weighted by Gasteiger charge is 2.28. The van der Waals surface area contributed by atoms with Crippen LogP contribution in [0.4, 0.5) is 0 Å². The number of hydrogen-bond acceptors (Lipinski definition) is 4. The molecule has 0 saturated carbocycles. The molecule has 0 aromatic rings. The van der Waals surface area contributed by atoms with Gasteiger partial charge in [0.15, 0.2) is 5.66 Å². The maximum atomic E-state index is 11.6. The molecule has 0 aliphatic heterocycles. The zero-order chi connectivity index (χ0) is 18.1. The van der Waals surface area contributed by atoms with Gasteiger partial charge in [0.25, 0.3) is 0 Å². The average molecular weight is 343 g/mol. The van der Waals surface area contributed by atoms with Gasteiger partial charge < -0.3 is 16.2 Å². The third-order valence-electron chi connectivity index (χ3n) is 4.70. The Morgan fingerprint density at radius 3 is 1.46 bits per heavy atom. The fourth-order valence-electron chi connectivity index (χ4n) is 2.74. The van der Waals surface area contributed by atoms with E-state index in [4.69, 9.17) is 16.2 Å². The van der Waals surface area contributed by atoms with E-state index in [1.807, 2.05) is 0 Å². The Morgan fingerprint density at radius 2 is 1.08 bits per heavy atom. The van der Waals surface area contributed by atoms with Crippen molar-refractivity contribution in [1.29, 1.82) is 0 Å². The highest BCUT2D eigenvalue weighted by atomic mass is 16.5. The molecule has 0 saturated heterocycles. The van der Waals surface area contributed by atoms with E-state index >= 15 is 0 Å². The van der Waals surface area contributed by atoms with E-state index in [2.05, 4.69) is 6.92 Å². The van der Waals surface area contributed by atoms with Crippen LogP contribution in [0.3, 0.4) is 0 Å². The minimum absolute atomic E-state index is 0.393. The first-order chi connectivity index (χ1) is 11.5. The molecule has 0 spiro atoms. The largest absolute Gasteiger partial charge is 0.463 e. The summed E-state index contributed by atoms with van der Waals surface area (Å²) in [6, 6.07) is 0. The summed E-state index contributed by atoms with van der Waals surface area (Å²) in [6.45, 7) is 4.49. The lowest BCUT2D eigenvalue weighted by atomic mass is 10.0. The Kier molecular flexibility index (Phi) is 15.5. The highest BCUT2D eigenvalue weighted by molar-refractivity contribution is 5.79. The lowest BCUT2D eigenvalue weighted by Gasteiger charge is -2.20. The quantitative estimate of drug-likeness (QED) is 0.221. The van der Waals surface area contributed by atoms with Crippen LogP contribution in [0.1, 0.15) is 110 Å². The van der Waals surface area contributed by atoms with Gasteiger partial charge in [-0.3, -0.25) is 0 Å². The summed E-state index contributed by atoms with van der Waals surface area (Å²) in [6.07, 6.45) is 18.8. The number of esters is 1. The average Bonchev–Trinajstić information content (AvgIpc) is 2.58. The van der Waals surface area contributed by atoms with Crippen LogP contribution in [0, 0.1) is 0 Å². The lowest BCUT2D eigenvalue weighted by Crippen LogP contribution is -2.56. The number of carbonyl (C=O) groups excluding carboxylic acids is 1. The molecule has 0 atom stereocenters. The Hall–Kier alpha value is -0.610. The summed E-state index contributed by atoms with van der Waals surface area (Å²) < 4.78 is 5.12. The van der Waals surface area contributed by atoms with Crippen LogP contribution in [-0.2, 0) is 9.53 Å². The molecule has 4 heteroatoms. The maximum Gasteiger partial charge on any atom is 0.340 e. The van der Waals surface area contributed by atoms with Gasteiger partial charge in [-0.25, -0.2) is 4.79 Å². The van der Waals surface area contributed by atoms with Crippen molar-refractivity contribution < 1.29 is 9.53 Å². The van der Waals surface area contributed by atoms with E-state index in [0.29, 0.717) is 13.0 Å². The van der Waals surface area contributed by atoms with Crippen molar-refractivity contribution in [3.8, 4) is 0 Å². The standard InChI is InChI=1S/C20H42N2O2/c1-3-5-6-7-8-9-10-11-12-13-14-15-16-17-18-24-19(23)20(21,22)4-2/h3-18,21-22H2,1-2H3. The van der Waals surface area contributed by atoms with E-state index in [-0.39, 0.29) is 0 Å². The predicted octanol–water partition coefficient (Wildman–Crippen LogP) is 5.03. The van der Waals surface area contributed by atoms with Gasteiger partial charge in [0.2, 0.25) is 0 Å². The van der Waals surface area contributed by atoms with Crippen LogP contribution in [-0.4, -0.2) is 18.2 Å². The minimum Gasteiger partial charge on any atom is -0.463 e. The van der Waals surface area contributed by atoms with E-state index in [1.165, 1.54) is 77.0 Å². The minimum atomic E-state index is -1.32. The van der Waals surface area contributed by atoms with Crippen molar-refractivity contribution in [3.05, 3.63) is 0 Å². The fraction of sp³-hybridized carbons (Fsp3) is 0.950. The van der Waals surface area contributed by atoms with Crippen LogP contribution in [0.25, 0.3) is 0 Å². The van der Waals surface area contributed by atoms with Gasteiger partial charge in [-0.1, -0.05) is 97.3 Å². The van der Waals surface area contributed by atoms with Crippen LogP contribution in [0.15, 0.2) is 0 Å². The summed E-state index contributed by atoms with van der Waals surface area (Å²) in [4.78, 5) is 11.6. The van der Waals surface area contributed by atoms with E-state index < -0.39 is 11.6 Å². The first kappa shape index (κ1) is 23.4. The number of nitrogens with two attached hydrogens (primary N) is 2. The molecular weight excluding hydrogens is 300 g/mol. The van der Waals surface area contributed by atoms with Crippen molar-refractivity contribution in [3.63, 3.8) is 0 Å². The number of unbranched alkanes of at least 4 members (excludes halogenated alkanes) is 13. The number of rotatable bonds is 17. The normalized spacial score (nSPS) is 11.7. The molecule has 0 heterocycles. The predicted molar refractivity (Wildman–Crippen MR) is 103 cm³/mol. The number of carbonyl (C=O) groups is 1. The highest BCUT2D eigenvalue weighted by Crippen LogP contribution is 2.13. The summed E-state index contributed by atoms with van der Waals surface area (Å²) in [5.41, 5.74) is 9.92. The molecule has 24 heavy (non-hydrogen) atoms. The Morgan fingerprint density at radius 1 is 0.708 bits per heavy atom. The van der Waals surface area contributed by atoms with Crippen LogP contribution in [0.5, 0.6) is 0 Å². The Balaban J connectivity index is 3.19. The molecule has 0 aliphatic carbocycles. The second-order valence-corrected chi connectivity index (χ2v) is 7.13. The molecule has 0 amide bonds. The molecule has 0 bridgehead atoms. The van der Waals surface area contributed by atoms with E-state index in [0.717, 1.165) is 12.8 Å². The maximum absolute atomic E-state index is 11.6. The zero-order valence-electron chi connectivity index (χ0n) is 16.3. The first-order valence-electron chi connectivity index (χ1n) is 10.3. The topological polar surface area (TPSA) is 78.3 Å². The SMILES string of the molecule is CCCCCCCCCCCCCCCCOC(=O)C(N)(N)CC. The second kappa shape index (κ2) is 15.9. The molecule has 144 valence electrons. The van der Waals surface area contributed by atoms with Crippen molar-refractivity contribution in [2.24, 2.45) is 11.5 Å². The van der Waals surface area contributed by atoms with Gasteiger partial charge in [0.05, 0.1) is 6.61 Å². The molecule has 4 nitrogen and oxygen atoms in total. The van der Waals surface area contributed by atoms with Crippen LogP contribution in [0.2, 0.25) is 0 Å². The van der Waals surface area contributed by atoms with Gasteiger partial charge in [-0.15, -0.1) is 0 Å². The van der Waals surface area contributed by atoms with Gasteiger partial charge in [-0.05, 0) is 12.8 Å². The summed E-state index contributed by atoms with van der Waals surface area (Å²) in [5.74, 6) is -0.486. The van der Waals surface area contributed by atoms with Crippen molar-refractivity contribution in [2.75, 3.05) is 6.61 Å². The van der Waals surface area contributed by atoms with E-state index in [9.17, 15) is 4.79 Å². The molecule has 0 aliphatic rings. The molecule has 0 aromatic carbocycles.